The molecule has 1 aromatic heterocycles. The Labute approximate surface area is 169 Å². The average Bonchev–Trinajstić information content (AvgIpc) is 3.15. The van der Waals surface area contributed by atoms with E-state index >= 15 is 0 Å². The Balaban J connectivity index is 1.56. The van der Waals surface area contributed by atoms with E-state index in [0.29, 0.717) is 24.5 Å². The summed E-state index contributed by atoms with van der Waals surface area (Å²) in [4.78, 5) is 16.0. The highest BCUT2D eigenvalue weighted by Gasteiger charge is 2.28. The average molecular weight is 471 g/mol. The number of nitrogens with one attached hydrogen (secondary N) is 1. The first-order valence-electron chi connectivity index (χ1n) is 8.25. The second kappa shape index (κ2) is 7.36. The largest absolute Gasteiger partial charge is 0.488 e. The van der Waals surface area contributed by atoms with E-state index in [0.717, 1.165) is 20.4 Å². The molecule has 8 heteroatoms. The molecule has 134 valence electrons. The highest BCUT2D eigenvalue weighted by Crippen LogP contribution is 2.32. The van der Waals surface area contributed by atoms with Gasteiger partial charge in [-0.15, -0.1) is 0 Å². The van der Waals surface area contributed by atoms with Gasteiger partial charge in [-0.1, -0.05) is 24.3 Å². The number of hydrogen-bond acceptors (Lipinski definition) is 5. The number of fused-ring (bicyclic) bond motifs is 1. The number of halogens is 1. The summed E-state index contributed by atoms with van der Waals surface area (Å²) in [5.74, 6) is 1.11. The summed E-state index contributed by atoms with van der Waals surface area (Å²) < 4.78 is 8.55. The summed E-state index contributed by atoms with van der Waals surface area (Å²) in [6.07, 6.45) is 1.74. The standard InChI is InChI=1S/C19H14IN5O2/c20-15-7-12(16-8-18(26)24-19-22-11-23-25(16)19)5-6-17(15)27-10-14-4-2-1-3-13(14)9-21/h1-7,11,16H,8,10H2,(H,22,23,24,26)/t16-/m1/s1. The van der Waals surface area contributed by atoms with Crippen LogP contribution < -0.4 is 10.1 Å². The molecule has 1 aliphatic heterocycles. The second-order valence-corrected chi connectivity index (χ2v) is 7.21. The van der Waals surface area contributed by atoms with Crippen LogP contribution in [0.25, 0.3) is 0 Å². The summed E-state index contributed by atoms with van der Waals surface area (Å²) >= 11 is 2.21. The van der Waals surface area contributed by atoms with E-state index < -0.39 is 0 Å². The van der Waals surface area contributed by atoms with Crippen molar-refractivity contribution >= 4 is 34.4 Å². The van der Waals surface area contributed by atoms with Gasteiger partial charge in [0.2, 0.25) is 11.9 Å². The van der Waals surface area contributed by atoms with Crippen LogP contribution in [0.2, 0.25) is 0 Å². The van der Waals surface area contributed by atoms with E-state index in [1.807, 2.05) is 36.4 Å². The van der Waals surface area contributed by atoms with Crippen LogP contribution in [0.15, 0.2) is 48.8 Å². The first-order valence-corrected chi connectivity index (χ1v) is 9.33. The van der Waals surface area contributed by atoms with E-state index in [2.05, 4.69) is 44.1 Å². The SMILES string of the molecule is N#Cc1ccccc1COc1ccc([C@H]2CC(=O)Nc3ncnn32)cc1I. The van der Waals surface area contributed by atoms with Gasteiger partial charge in [0.15, 0.2) is 0 Å². The lowest BCUT2D eigenvalue weighted by Crippen LogP contribution is -2.29. The van der Waals surface area contributed by atoms with Gasteiger partial charge in [-0.3, -0.25) is 10.1 Å². The molecule has 7 nitrogen and oxygen atoms in total. The van der Waals surface area contributed by atoms with Gasteiger partial charge >= 0.3 is 0 Å². The van der Waals surface area contributed by atoms with Crippen molar-refractivity contribution in [2.75, 3.05) is 5.32 Å². The Kier molecular flexibility index (Phi) is 4.77. The van der Waals surface area contributed by atoms with Gasteiger partial charge in [-0.2, -0.15) is 15.3 Å². The van der Waals surface area contributed by atoms with Gasteiger partial charge in [0, 0.05) is 5.56 Å². The number of hydrogen-bond donors (Lipinski definition) is 1. The van der Waals surface area contributed by atoms with E-state index in [1.165, 1.54) is 6.33 Å². The number of benzene rings is 2. The number of nitriles is 1. The molecule has 0 spiro atoms. The van der Waals surface area contributed by atoms with Gasteiger partial charge < -0.3 is 4.74 Å². The smallest absolute Gasteiger partial charge is 0.229 e. The first kappa shape index (κ1) is 17.5. The zero-order valence-electron chi connectivity index (χ0n) is 14.1. The van der Waals surface area contributed by atoms with E-state index in [4.69, 9.17) is 4.74 Å². The Morgan fingerprint density at radius 2 is 2.19 bits per heavy atom. The quantitative estimate of drug-likeness (QED) is 0.590. The molecular weight excluding hydrogens is 457 g/mol. The summed E-state index contributed by atoms with van der Waals surface area (Å²) in [5, 5.41) is 16.1. The van der Waals surface area contributed by atoms with Crippen molar-refractivity contribution in [1.82, 2.24) is 14.8 Å². The number of ether oxygens (including phenoxy) is 1. The number of amides is 1. The molecule has 4 rings (SSSR count). The Morgan fingerprint density at radius 3 is 3.00 bits per heavy atom. The maximum absolute atomic E-state index is 11.9. The van der Waals surface area contributed by atoms with Gasteiger partial charge in [-0.25, -0.2) is 4.68 Å². The lowest BCUT2D eigenvalue weighted by atomic mass is 10.0. The third kappa shape index (κ3) is 3.50. The van der Waals surface area contributed by atoms with E-state index in [9.17, 15) is 10.1 Å². The van der Waals surface area contributed by atoms with Gasteiger partial charge in [0.1, 0.15) is 18.7 Å². The van der Waals surface area contributed by atoms with Crippen LogP contribution in [-0.4, -0.2) is 20.7 Å². The highest BCUT2D eigenvalue weighted by molar-refractivity contribution is 14.1. The maximum Gasteiger partial charge on any atom is 0.229 e. The molecule has 0 aliphatic carbocycles. The Hall–Kier alpha value is -2.93. The molecule has 1 atom stereocenters. The molecule has 0 bridgehead atoms. The topological polar surface area (TPSA) is 92.8 Å². The van der Waals surface area contributed by atoms with Crippen molar-refractivity contribution in [1.29, 1.82) is 5.26 Å². The van der Waals surface area contributed by atoms with Crippen molar-refractivity contribution in [2.45, 2.75) is 19.1 Å². The number of carbonyl (C=O) groups is 1. The predicted octanol–water partition coefficient (Wildman–Crippen LogP) is 3.26. The minimum atomic E-state index is -0.196. The molecule has 1 amide bonds. The van der Waals surface area contributed by atoms with Crippen molar-refractivity contribution in [3.8, 4) is 11.8 Å². The molecule has 1 N–H and O–H groups in total. The van der Waals surface area contributed by atoms with Crippen molar-refractivity contribution in [3.63, 3.8) is 0 Å². The molecule has 0 fully saturated rings. The lowest BCUT2D eigenvalue weighted by Gasteiger charge is -2.24. The summed E-state index contributed by atoms with van der Waals surface area (Å²) in [5.41, 5.74) is 2.41. The number of aromatic nitrogens is 3. The molecule has 2 heterocycles. The van der Waals surface area contributed by atoms with Crippen LogP contribution in [0.5, 0.6) is 5.75 Å². The fourth-order valence-corrected chi connectivity index (χ4v) is 3.71. The predicted molar refractivity (Wildman–Crippen MR) is 106 cm³/mol. The van der Waals surface area contributed by atoms with Crippen LogP contribution in [0.1, 0.15) is 29.2 Å². The fourth-order valence-electron chi connectivity index (χ4n) is 3.02. The fraction of sp³-hybridized carbons (Fsp3) is 0.158. The van der Waals surface area contributed by atoms with Crippen molar-refractivity contribution in [2.24, 2.45) is 0 Å². The van der Waals surface area contributed by atoms with Crippen LogP contribution in [0.3, 0.4) is 0 Å². The van der Waals surface area contributed by atoms with Crippen LogP contribution >= 0.6 is 22.6 Å². The molecule has 0 saturated heterocycles. The number of nitrogens with zero attached hydrogens (tertiary/aromatic N) is 4. The normalized spacial score (nSPS) is 15.6. The van der Waals surface area contributed by atoms with Gasteiger partial charge in [0.05, 0.1) is 27.7 Å². The van der Waals surface area contributed by atoms with Gasteiger partial charge in [0.25, 0.3) is 0 Å². The Morgan fingerprint density at radius 1 is 1.33 bits per heavy atom. The van der Waals surface area contributed by atoms with Crippen LogP contribution in [-0.2, 0) is 11.4 Å². The maximum atomic E-state index is 11.9. The van der Waals surface area contributed by atoms with Gasteiger partial charge in [-0.05, 0) is 46.4 Å². The molecular formula is C19H14IN5O2. The number of anilines is 1. The third-order valence-corrected chi connectivity index (χ3v) is 5.20. The first-order chi connectivity index (χ1) is 13.2. The molecule has 3 aromatic rings. The zero-order valence-corrected chi connectivity index (χ0v) is 16.3. The summed E-state index contributed by atoms with van der Waals surface area (Å²) in [6.45, 7) is 0.318. The third-order valence-electron chi connectivity index (χ3n) is 4.36. The highest BCUT2D eigenvalue weighted by atomic mass is 127. The molecule has 2 aromatic carbocycles. The monoisotopic (exact) mass is 471 g/mol. The molecule has 0 unspecified atom stereocenters. The van der Waals surface area contributed by atoms with Crippen molar-refractivity contribution in [3.05, 3.63) is 69.1 Å². The van der Waals surface area contributed by atoms with Crippen LogP contribution in [0.4, 0.5) is 5.95 Å². The van der Waals surface area contributed by atoms with E-state index in [1.54, 1.807) is 10.7 Å². The van der Waals surface area contributed by atoms with E-state index in [-0.39, 0.29) is 11.9 Å². The minimum Gasteiger partial charge on any atom is -0.488 e. The molecule has 1 aliphatic rings. The molecule has 0 radical (unpaired) electrons. The molecule has 0 saturated carbocycles. The number of carbonyl (C=O) groups excluding carboxylic acids is 1. The lowest BCUT2D eigenvalue weighted by molar-refractivity contribution is -0.117. The number of rotatable bonds is 4. The van der Waals surface area contributed by atoms with Crippen LogP contribution in [0, 0.1) is 14.9 Å². The van der Waals surface area contributed by atoms with Crippen molar-refractivity contribution < 1.29 is 9.53 Å². The zero-order chi connectivity index (χ0) is 18.8. The minimum absolute atomic E-state index is 0.0797. The second-order valence-electron chi connectivity index (χ2n) is 6.04. The summed E-state index contributed by atoms with van der Waals surface area (Å²) in [7, 11) is 0. The summed E-state index contributed by atoms with van der Waals surface area (Å²) in [6, 6.07) is 15.2. The molecule has 27 heavy (non-hydrogen) atoms. The Bertz CT molecular complexity index is 1060.